The monoisotopic (exact) mass is 536 g/mol. The van der Waals surface area contributed by atoms with E-state index < -0.39 is 46.9 Å². The van der Waals surface area contributed by atoms with Crippen LogP contribution in [-0.2, 0) is 19.1 Å². The number of hydrogen-bond donors (Lipinski definition) is 4. The molecule has 3 amide bonds. The normalized spacial score (nSPS) is 27.0. The van der Waals surface area contributed by atoms with Gasteiger partial charge in [0, 0.05) is 18.0 Å². The summed E-state index contributed by atoms with van der Waals surface area (Å²) in [5.41, 5.74) is -3.06. The molecular weight excluding hydrogens is 488 g/mol. The lowest BCUT2D eigenvalue weighted by Crippen LogP contribution is -2.72. The largest absolute Gasteiger partial charge is 0.444 e. The van der Waals surface area contributed by atoms with Crippen LogP contribution in [0.2, 0.25) is 0 Å². The van der Waals surface area contributed by atoms with Crippen LogP contribution in [0.5, 0.6) is 0 Å². The number of ether oxygens (including phenoxy) is 1. The van der Waals surface area contributed by atoms with Gasteiger partial charge in [0.1, 0.15) is 5.60 Å². The van der Waals surface area contributed by atoms with Crippen LogP contribution in [0.1, 0.15) is 93.4 Å². The van der Waals surface area contributed by atoms with Gasteiger partial charge >= 0.3 is 6.09 Å². The number of alkyl carbamates (subject to hydrolysis) is 1. The highest BCUT2D eigenvalue weighted by Crippen LogP contribution is 2.47. The van der Waals surface area contributed by atoms with Crippen molar-refractivity contribution >= 4 is 24.2 Å². The van der Waals surface area contributed by atoms with Gasteiger partial charge in [-0.3, -0.25) is 24.6 Å². The lowest BCUT2D eigenvalue weighted by atomic mass is 9.79. The zero-order valence-electron chi connectivity index (χ0n) is 24.1. The third-order valence-corrected chi connectivity index (χ3v) is 8.12. The van der Waals surface area contributed by atoms with Crippen molar-refractivity contribution in [2.45, 2.75) is 129 Å². The zero-order chi connectivity index (χ0) is 28.5. The number of aliphatic hydroxyl groups excluding tert-OH is 1. The van der Waals surface area contributed by atoms with Gasteiger partial charge < -0.3 is 20.5 Å². The Morgan fingerprint density at radius 3 is 2.26 bits per heavy atom. The molecule has 3 rings (SSSR count). The van der Waals surface area contributed by atoms with Crippen LogP contribution in [0.3, 0.4) is 0 Å². The van der Waals surface area contributed by atoms with E-state index in [-0.39, 0.29) is 23.8 Å². The Hall–Kier alpha value is -2.20. The molecule has 0 spiro atoms. The van der Waals surface area contributed by atoms with E-state index in [2.05, 4.69) is 16.0 Å². The molecule has 1 unspecified atom stereocenters. The number of amides is 3. The van der Waals surface area contributed by atoms with Gasteiger partial charge in [-0.2, -0.15) is 0 Å². The number of rotatable bonds is 10. The smallest absolute Gasteiger partial charge is 0.409 e. The van der Waals surface area contributed by atoms with Gasteiger partial charge in [0.2, 0.25) is 5.91 Å². The van der Waals surface area contributed by atoms with Crippen LogP contribution in [-0.4, -0.2) is 76.2 Å². The molecule has 1 saturated heterocycles. The molecule has 4 N–H and O–H groups in total. The van der Waals surface area contributed by atoms with Crippen LogP contribution < -0.4 is 16.0 Å². The second-order valence-electron chi connectivity index (χ2n) is 13.3. The van der Waals surface area contributed by atoms with E-state index in [0.717, 1.165) is 38.4 Å². The molecule has 2 aliphatic carbocycles. The van der Waals surface area contributed by atoms with Crippen molar-refractivity contribution in [3.63, 3.8) is 0 Å². The minimum atomic E-state index is -1.51. The van der Waals surface area contributed by atoms with E-state index in [0.29, 0.717) is 19.4 Å². The molecule has 0 aromatic rings. The Morgan fingerprint density at radius 1 is 1.08 bits per heavy atom. The second kappa shape index (κ2) is 11.5. The standard InChI is InChI=1S/C28H48N4O6/c1-8-10-20(22(34)24(36)29-18-13-14-18)30-23(35)21-19-12-9-11-17(19)15-32(21)28(16-33,26(2,3)4)31-25(37)38-27(5,6)7/h16-22,34H,8-15H2,1-7H3,(H,29,36)(H,30,35)(H,31,37)/t17-,19-,20-,21-,22?,28+/m0/s1. The molecular formula is C28H48N4O6. The predicted octanol–water partition coefficient (Wildman–Crippen LogP) is 2.48. The number of carbonyl (C=O) groups is 4. The first kappa shape index (κ1) is 30.3. The Morgan fingerprint density at radius 2 is 1.74 bits per heavy atom. The summed E-state index contributed by atoms with van der Waals surface area (Å²) < 4.78 is 5.52. The number of aliphatic hydroxyl groups is 1. The van der Waals surface area contributed by atoms with Gasteiger partial charge in [0.15, 0.2) is 18.1 Å². The summed E-state index contributed by atoms with van der Waals surface area (Å²) in [6, 6.07) is -1.37. The fourth-order valence-electron chi connectivity index (χ4n) is 6.01. The maximum Gasteiger partial charge on any atom is 0.409 e. The molecule has 10 heteroatoms. The SMILES string of the molecule is CCC[C@H](NC(=O)[C@@H]1[C@H]2CCC[C@H]2CN1[C@@](C=O)(NC(=O)OC(C)(C)C)C(C)(C)C)C(O)C(=O)NC1CC1. The van der Waals surface area contributed by atoms with Gasteiger partial charge in [0.25, 0.3) is 5.91 Å². The quantitative estimate of drug-likeness (QED) is 0.315. The molecule has 1 heterocycles. The van der Waals surface area contributed by atoms with E-state index in [1.54, 1.807) is 20.8 Å². The van der Waals surface area contributed by atoms with Crippen molar-refractivity contribution in [2.24, 2.45) is 17.3 Å². The first-order chi connectivity index (χ1) is 17.6. The summed E-state index contributed by atoms with van der Waals surface area (Å²) in [5.74, 6) is -0.619. The molecule has 0 aromatic carbocycles. The minimum absolute atomic E-state index is 0.00294. The van der Waals surface area contributed by atoms with E-state index in [1.807, 2.05) is 32.6 Å². The molecule has 3 fully saturated rings. The number of hydrogen-bond acceptors (Lipinski definition) is 7. The molecule has 216 valence electrons. The van der Waals surface area contributed by atoms with Crippen LogP contribution in [0.15, 0.2) is 0 Å². The summed E-state index contributed by atoms with van der Waals surface area (Å²) in [6.07, 6.45) is 4.26. The van der Waals surface area contributed by atoms with Crippen molar-refractivity contribution in [3.05, 3.63) is 0 Å². The predicted molar refractivity (Wildman–Crippen MR) is 143 cm³/mol. The first-order valence-corrected chi connectivity index (χ1v) is 14.2. The number of nitrogens with one attached hydrogen (secondary N) is 3. The van der Waals surface area contributed by atoms with E-state index in [9.17, 15) is 24.3 Å². The summed E-state index contributed by atoms with van der Waals surface area (Å²) in [6.45, 7) is 13.2. The van der Waals surface area contributed by atoms with Crippen molar-refractivity contribution in [1.82, 2.24) is 20.9 Å². The summed E-state index contributed by atoms with van der Waals surface area (Å²) >= 11 is 0. The van der Waals surface area contributed by atoms with E-state index in [1.165, 1.54) is 0 Å². The third kappa shape index (κ3) is 6.68. The summed E-state index contributed by atoms with van der Waals surface area (Å²) in [4.78, 5) is 54.3. The molecule has 38 heavy (non-hydrogen) atoms. The molecule has 3 aliphatic rings. The third-order valence-electron chi connectivity index (χ3n) is 8.12. The molecule has 6 atom stereocenters. The molecule has 2 saturated carbocycles. The Labute approximate surface area is 227 Å². The van der Waals surface area contributed by atoms with E-state index >= 15 is 0 Å². The Bertz CT molecular complexity index is 893. The van der Waals surface area contributed by atoms with Crippen LogP contribution in [0.4, 0.5) is 4.79 Å². The molecule has 0 aromatic heterocycles. The van der Waals surface area contributed by atoms with E-state index in [4.69, 9.17) is 4.74 Å². The maximum absolute atomic E-state index is 14.0. The zero-order valence-corrected chi connectivity index (χ0v) is 24.1. The number of likely N-dealkylation sites (tertiary alicyclic amines) is 1. The van der Waals surface area contributed by atoms with Gasteiger partial charge in [-0.25, -0.2) is 4.79 Å². The van der Waals surface area contributed by atoms with Crippen LogP contribution in [0.25, 0.3) is 0 Å². The highest BCUT2D eigenvalue weighted by atomic mass is 16.6. The Kier molecular flexibility index (Phi) is 9.18. The van der Waals surface area contributed by atoms with Crippen molar-refractivity contribution in [2.75, 3.05) is 6.54 Å². The first-order valence-electron chi connectivity index (χ1n) is 14.2. The van der Waals surface area contributed by atoms with Crippen molar-refractivity contribution in [1.29, 1.82) is 0 Å². The lowest BCUT2D eigenvalue weighted by molar-refractivity contribution is -0.142. The van der Waals surface area contributed by atoms with Gasteiger partial charge in [-0.1, -0.05) is 40.5 Å². The topological polar surface area (TPSA) is 137 Å². The molecule has 10 nitrogen and oxygen atoms in total. The highest BCUT2D eigenvalue weighted by molar-refractivity contribution is 5.87. The highest BCUT2D eigenvalue weighted by Gasteiger charge is 2.59. The van der Waals surface area contributed by atoms with Crippen LogP contribution >= 0.6 is 0 Å². The number of nitrogens with zero attached hydrogens (tertiary/aromatic N) is 1. The molecule has 1 aliphatic heterocycles. The Balaban J connectivity index is 1.91. The number of carbonyl (C=O) groups excluding carboxylic acids is 4. The lowest BCUT2D eigenvalue weighted by Gasteiger charge is -2.49. The van der Waals surface area contributed by atoms with Crippen molar-refractivity contribution < 1.29 is 29.0 Å². The minimum Gasteiger partial charge on any atom is -0.444 e. The summed E-state index contributed by atoms with van der Waals surface area (Å²) in [7, 11) is 0. The maximum atomic E-state index is 14.0. The van der Waals surface area contributed by atoms with Gasteiger partial charge in [0.05, 0.1) is 12.1 Å². The average molecular weight is 537 g/mol. The number of fused-ring (bicyclic) bond motifs is 1. The molecule has 0 radical (unpaired) electrons. The van der Waals surface area contributed by atoms with Crippen LogP contribution in [0, 0.1) is 17.3 Å². The number of aldehydes is 1. The average Bonchev–Trinajstić information content (AvgIpc) is 3.35. The fourth-order valence-corrected chi connectivity index (χ4v) is 6.01. The van der Waals surface area contributed by atoms with Gasteiger partial charge in [-0.15, -0.1) is 0 Å². The fraction of sp³-hybridized carbons (Fsp3) is 0.857. The van der Waals surface area contributed by atoms with Crippen molar-refractivity contribution in [3.8, 4) is 0 Å². The molecule has 0 bridgehead atoms. The second-order valence-corrected chi connectivity index (χ2v) is 13.3. The van der Waals surface area contributed by atoms with Gasteiger partial charge in [-0.05, 0) is 64.7 Å². The summed E-state index contributed by atoms with van der Waals surface area (Å²) in [5, 5.41) is 19.4.